The number of nitrogens with one attached hydrogen (secondary N) is 3. The molecule has 36 heavy (non-hydrogen) atoms. The number of likely N-dealkylation sites (tertiary alicyclic amines) is 1. The molecule has 2 aromatic carbocycles. The second-order valence-corrected chi connectivity index (χ2v) is 9.46. The number of ether oxygens (including phenoxy) is 1. The Morgan fingerprint density at radius 2 is 1.97 bits per heavy atom. The van der Waals surface area contributed by atoms with Crippen LogP contribution in [0.15, 0.2) is 53.5 Å². The number of aryl methyl sites for hydroxylation is 1. The molecule has 0 aliphatic carbocycles. The van der Waals surface area contributed by atoms with Gasteiger partial charge in [-0.25, -0.2) is 9.59 Å². The minimum absolute atomic E-state index is 0.0933. The second kappa shape index (κ2) is 9.49. The molecule has 9 heteroatoms. The number of methoxy groups -OCH3 is 1. The van der Waals surface area contributed by atoms with Crippen molar-refractivity contribution in [1.82, 2.24) is 25.4 Å². The molecule has 1 aliphatic heterocycles. The van der Waals surface area contributed by atoms with Crippen LogP contribution in [-0.4, -0.2) is 58.3 Å². The van der Waals surface area contributed by atoms with Gasteiger partial charge in [-0.1, -0.05) is 24.3 Å². The number of para-hydroxylation sites is 1. The van der Waals surface area contributed by atoms with Gasteiger partial charge in [-0.15, -0.1) is 0 Å². The Kier molecular flexibility index (Phi) is 6.22. The van der Waals surface area contributed by atoms with Crippen LogP contribution in [0.2, 0.25) is 0 Å². The SMILES string of the molecule is COC(=O)[C@@H](C)NC(=O)N1CC[C@@H](c2cc3ccccc3[nH]c2=O)[C@H](c2cc(C)c3[nH]ncc3c2)C1. The normalized spacial score (nSPS) is 18.8. The molecule has 1 saturated heterocycles. The monoisotopic (exact) mass is 487 g/mol. The lowest BCUT2D eigenvalue weighted by Crippen LogP contribution is -2.51. The number of esters is 1. The van der Waals surface area contributed by atoms with Gasteiger partial charge >= 0.3 is 12.0 Å². The maximum atomic E-state index is 13.2. The van der Waals surface area contributed by atoms with Gasteiger partial charge in [0.25, 0.3) is 5.56 Å². The molecule has 0 unspecified atom stereocenters. The molecule has 3 N–H and O–H groups in total. The lowest BCUT2D eigenvalue weighted by molar-refractivity contribution is -0.142. The first-order valence-electron chi connectivity index (χ1n) is 12.0. The molecule has 2 amide bonds. The van der Waals surface area contributed by atoms with Crippen LogP contribution in [0.4, 0.5) is 4.79 Å². The van der Waals surface area contributed by atoms with Crippen molar-refractivity contribution in [2.45, 2.75) is 38.1 Å². The average molecular weight is 488 g/mol. The summed E-state index contributed by atoms with van der Waals surface area (Å²) >= 11 is 0. The zero-order valence-electron chi connectivity index (χ0n) is 20.5. The first kappa shape index (κ1) is 23.6. The number of urea groups is 1. The molecule has 0 spiro atoms. The highest BCUT2D eigenvalue weighted by atomic mass is 16.5. The molecular formula is C27H29N5O4. The van der Waals surface area contributed by atoms with Crippen molar-refractivity contribution < 1.29 is 14.3 Å². The fourth-order valence-corrected chi connectivity index (χ4v) is 5.28. The van der Waals surface area contributed by atoms with E-state index in [1.54, 1.807) is 18.0 Å². The largest absolute Gasteiger partial charge is 0.467 e. The van der Waals surface area contributed by atoms with E-state index in [2.05, 4.69) is 32.6 Å². The molecule has 5 rings (SSSR count). The number of benzene rings is 2. The summed E-state index contributed by atoms with van der Waals surface area (Å²) < 4.78 is 4.74. The van der Waals surface area contributed by atoms with Crippen LogP contribution in [0.5, 0.6) is 0 Å². The minimum atomic E-state index is -0.758. The quantitative estimate of drug-likeness (QED) is 0.380. The molecule has 0 radical (unpaired) electrons. The summed E-state index contributed by atoms with van der Waals surface area (Å²) in [6.45, 7) is 4.48. The Bertz CT molecular complexity index is 1510. The van der Waals surface area contributed by atoms with Gasteiger partial charge < -0.3 is 19.9 Å². The zero-order valence-corrected chi connectivity index (χ0v) is 20.5. The van der Waals surface area contributed by atoms with Crippen LogP contribution in [0.1, 0.15) is 41.9 Å². The van der Waals surface area contributed by atoms with Gasteiger partial charge in [0, 0.05) is 35.5 Å². The van der Waals surface area contributed by atoms with Crippen LogP contribution < -0.4 is 10.9 Å². The smallest absolute Gasteiger partial charge is 0.328 e. The standard InChI is InChI=1S/C27H29N5O4/c1-15-10-18(11-19-13-28-31-24(15)19)22-14-32(27(35)29-16(2)26(34)36-3)9-8-20(22)21-12-17-6-4-5-7-23(17)30-25(21)33/h4-7,10-13,16,20,22H,8-9,14H2,1-3H3,(H,28,31)(H,29,35)(H,30,33)/t16-,20+,22+/m1/s1. The Balaban J connectivity index is 1.53. The van der Waals surface area contributed by atoms with Gasteiger partial charge in [-0.2, -0.15) is 5.10 Å². The number of carbonyl (C=O) groups is 2. The number of H-pyrrole nitrogens is 2. The van der Waals surface area contributed by atoms with E-state index in [0.717, 1.165) is 32.9 Å². The van der Waals surface area contributed by atoms with Crippen molar-refractivity contribution in [2.75, 3.05) is 20.2 Å². The van der Waals surface area contributed by atoms with Gasteiger partial charge in [-0.3, -0.25) is 9.89 Å². The number of fused-ring (bicyclic) bond motifs is 2. The number of hydrogen-bond donors (Lipinski definition) is 3. The van der Waals surface area contributed by atoms with E-state index in [4.69, 9.17) is 4.74 Å². The predicted octanol–water partition coefficient (Wildman–Crippen LogP) is 3.56. The molecule has 186 valence electrons. The van der Waals surface area contributed by atoms with E-state index >= 15 is 0 Å². The highest BCUT2D eigenvalue weighted by Crippen LogP contribution is 2.40. The maximum Gasteiger partial charge on any atom is 0.328 e. The van der Waals surface area contributed by atoms with Crippen molar-refractivity contribution in [2.24, 2.45) is 0 Å². The number of aromatic amines is 2. The number of aromatic nitrogens is 3. The van der Waals surface area contributed by atoms with E-state index in [0.29, 0.717) is 25.1 Å². The van der Waals surface area contributed by atoms with Crippen molar-refractivity contribution in [3.8, 4) is 0 Å². The van der Waals surface area contributed by atoms with E-state index in [-0.39, 0.29) is 23.4 Å². The van der Waals surface area contributed by atoms with Gasteiger partial charge in [0.05, 0.1) is 18.8 Å². The highest BCUT2D eigenvalue weighted by molar-refractivity contribution is 5.84. The number of rotatable bonds is 4. The number of carbonyl (C=O) groups excluding carboxylic acids is 2. The van der Waals surface area contributed by atoms with Crippen molar-refractivity contribution in [3.63, 3.8) is 0 Å². The van der Waals surface area contributed by atoms with E-state index in [1.807, 2.05) is 37.3 Å². The lowest BCUT2D eigenvalue weighted by atomic mass is 9.76. The summed E-state index contributed by atoms with van der Waals surface area (Å²) in [4.78, 5) is 42.8. The Morgan fingerprint density at radius 3 is 2.78 bits per heavy atom. The maximum absolute atomic E-state index is 13.2. The zero-order chi connectivity index (χ0) is 25.4. The summed E-state index contributed by atoms with van der Waals surface area (Å²) in [5.41, 5.74) is 4.46. The molecule has 9 nitrogen and oxygen atoms in total. The average Bonchev–Trinajstić information content (AvgIpc) is 3.37. The molecule has 4 aromatic rings. The van der Waals surface area contributed by atoms with Crippen molar-refractivity contribution >= 4 is 33.8 Å². The van der Waals surface area contributed by atoms with Gasteiger partial charge in [0.15, 0.2) is 0 Å². The summed E-state index contributed by atoms with van der Waals surface area (Å²) in [6, 6.07) is 12.8. The molecule has 3 atom stereocenters. The number of pyridine rings is 1. The third-order valence-electron chi connectivity index (χ3n) is 7.17. The van der Waals surface area contributed by atoms with Gasteiger partial charge in [0.1, 0.15) is 6.04 Å². The molecule has 3 heterocycles. The third kappa shape index (κ3) is 4.32. The van der Waals surface area contributed by atoms with Crippen LogP contribution in [0.25, 0.3) is 21.8 Å². The van der Waals surface area contributed by atoms with Crippen LogP contribution in [0.3, 0.4) is 0 Å². The fourth-order valence-electron chi connectivity index (χ4n) is 5.28. The predicted molar refractivity (Wildman–Crippen MR) is 137 cm³/mol. The molecule has 1 fully saturated rings. The minimum Gasteiger partial charge on any atom is -0.467 e. The number of piperidine rings is 1. The van der Waals surface area contributed by atoms with Gasteiger partial charge in [-0.05, 0) is 60.9 Å². The van der Waals surface area contributed by atoms with E-state index in [1.165, 1.54) is 7.11 Å². The lowest BCUT2D eigenvalue weighted by Gasteiger charge is -2.39. The molecule has 0 bridgehead atoms. The first-order valence-corrected chi connectivity index (χ1v) is 12.0. The van der Waals surface area contributed by atoms with Crippen molar-refractivity contribution in [3.05, 3.63) is 75.7 Å². The molecule has 2 aromatic heterocycles. The van der Waals surface area contributed by atoms with Crippen LogP contribution in [0, 0.1) is 6.92 Å². The summed E-state index contributed by atoms with van der Waals surface area (Å²) in [5.74, 6) is -0.721. The topological polar surface area (TPSA) is 120 Å². The molecule has 0 saturated carbocycles. The number of amides is 2. The molecular weight excluding hydrogens is 458 g/mol. The molecule has 1 aliphatic rings. The van der Waals surface area contributed by atoms with Gasteiger partial charge in [0.2, 0.25) is 0 Å². The van der Waals surface area contributed by atoms with Crippen LogP contribution in [-0.2, 0) is 9.53 Å². The van der Waals surface area contributed by atoms with E-state index < -0.39 is 12.0 Å². The van der Waals surface area contributed by atoms with Crippen molar-refractivity contribution in [1.29, 1.82) is 0 Å². The second-order valence-electron chi connectivity index (χ2n) is 9.46. The van der Waals surface area contributed by atoms with Crippen LogP contribution >= 0.6 is 0 Å². The first-order chi connectivity index (χ1) is 17.4. The third-order valence-corrected chi connectivity index (χ3v) is 7.17. The Morgan fingerprint density at radius 1 is 1.17 bits per heavy atom. The highest BCUT2D eigenvalue weighted by Gasteiger charge is 2.36. The summed E-state index contributed by atoms with van der Waals surface area (Å²) in [7, 11) is 1.29. The number of nitrogens with zero attached hydrogens (tertiary/aromatic N) is 2. The fraction of sp³-hybridized carbons (Fsp3) is 0.333. The van der Waals surface area contributed by atoms with E-state index in [9.17, 15) is 14.4 Å². The Labute approximate surface area is 207 Å². The Hall–Kier alpha value is -4.14. The number of hydrogen-bond acceptors (Lipinski definition) is 5. The summed E-state index contributed by atoms with van der Waals surface area (Å²) in [5, 5.41) is 11.9. The summed E-state index contributed by atoms with van der Waals surface area (Å²) in [6.07, 6.45) is 2.39.